The van der Waals surface area contributed by atoms with Crippen molar-refractivity contribution in [1.29, 1.82) is 0 Å². The zero-order valence-electron chi connectivity index (χ0n) is 17.7. The monoisotopic (exact) mass is 449 g/mol. The molecule has 2 aromatic rings. The fourth-order valence-corrected chi connectivity index (χ4v) is 5.17. The van der Waals surface area contributed by atoms with Gasteiger partial charge in [0.1, 0.15) is 0 Å². The van der Waals surface area contributed by atoms with Gasteiger partial charge in [-0.3, -0.25) is 0 Å². The first-order valence-corrected chi connectivity index (χ1v) is 11.6. The van der Waals surface area contributed by atoms with E-state index in [2.05, 4.69) is 20.0 Å². The highest BCUT2D eigenvalue weighted by Crippen LogP contribution is 2.31. The van der Waals surface area contributed by atoms with E-state index in [1.807, 2.05) is 12.1 Å². The Labute approximate surface area is 182 Å². The second kappa shape index (κ2) is 9.25. The number of aromatic nitrogens is 2. The highest BCUT2D eigenvalue weighted by molar-refractivity contribution is 7.89. The highest BCUT2D eigenvalue weighted by atomic mass is 32.2. The van der Waals surface area contributed by atoms with Crippen LogP contribution in [0.2, 0.25) is 0 Å². The molecule has 3 heterocycles. The van der Waals surface area contributed by atoms with Gasteiger partial charge in [0.05, 0.1) is 32.3 Å². The molecule has 0 radical (unpaired) electrons. The first-order valence-electron chi connectivity index (χ1n) is 10.2. The van der Waals surface area contributed by atoms with E-state index < -0.39 is 10.0 Å². The molecule has 0 bridgehead atoms. The van der Waals surface area contributed by atoms with Crippen LogP contribution in [0.5, 0.6) is 11.5 Å². The van der Waals surface area contributed by atoms with Crippen LogP contribution in [0.4, 0.5) is 11.6 Å². The van der Waals surface area contributed by atoms with E-state index >= 15 is 0 Å². The van der Waals surface area contributed by atoms with Crippen molar-refractivity contribution in [3.63, 3.8) is 0 Å². The molecule has 2 fully saturated rings. The normalized spacial score (nSPS) is 18.1. The second-order valence-corrected chi connectivity index (χ2v) is 9.20. The third kappa shape index (κ3) is 4.53. The maximum atomic E-state index is 13.1. The molecule has 10 nitrogen and oxygen atoms in total. The molecule has 168 valence electrons. The number of morpholine rings is 1. The second-order valence-electron chi connectivity index (χ2n) is 7.26. The number of methoxy groups -OCH3 is 2. The fourth-order valence-electron chi connectivity index (χ4n) is 3.73. The summed E-state index contributed by atoms with van der Waals surface area (Å²) in [5.41, 5.74) is 0. The van der Waals surface area contributed by atoms with Gasteiger partial charge in [0.25, 0.3) is 0 Å². The minimum absolute atomic E-state index is 0.188. The van der Waals surface area contributed by atoms with Crippen molar-refractivity contribution in [3.8, 4) is 11.5 Å². The molecule has 1 aromatic carbocycles. The smallest absolute Gasteiger partial charge is 0.243 e. The molecule has 0 aliphatic carbocycles. The molecule has 1 aromatic heterocycles. The molecule has 0 amide bonds. The Kier molecular flexibility index (Phi) is 6.44. The molecule has 31 heavy (non-hydrogen) atoms. The third-order valence-corrected chi connectivity index (χ3v) is 7.42. The molecule has 2 aliphatic heterocycles. The summed E-state index contributed by atoms with van der Waals surface area (Å²) in [5.74, 6) is 2.46. The summed E-state index contributed by atoms with van der Waals surface area (Å²) in [7, 11) is -0.630. The fraction of sp³-hybridized carbons (Fsp3) is 0.500. The number of ether oxygens (including phenoxy) is 3. The number of hydrogen-bond donors (Lipinski definition) is 0. The minimum atomic E-state index is -3.63. The van der Waals surface area contributed by atoms with Gasteiger partial charge >= 0.3 is 0 Å². The first kappa shape index (κ1) is 21.6. The number of benzene rings is 1. The van der Waals surface area contributed by atoms with E-state index in [1.54, 1.807) is 12.1 Å². The van der Waals surface area contributed by atoms with Crippen LogP contribution in [0.1, 0.15) is 0 Å². The highest BCUT2D eigenvalue weighted by Gasteiger charge is 2.30. The summed E-state index contributed by atoms with van der Waals surface area (Å²) in [5, 5.41) is 8.71. The van der Waals surface area contributed by atoms with Gasteiger partial charge < -0.3 is 24.0 Å². The zero-order chi connectivity index (χ0) is 21.8. The molecular formula is C20H27N5O5S. The van der Waals surface area contributed by atoms with Crippen LogP contribution in [0.3, 0.4) is 0 Å². The lowest BCUT2D eigenvalue weighted by Gasteiger charge is -2.34. The van der Waals surface area contributed by atoms with E-state index in [0.717, 1.165) is 24.7 Å². The summed E-state index contributed by atoms with van der Waals surface area (Å²) >= 11 is 0. The zero-order valence-corrected chi connectivity index (χ0v) is 18.5. The Morgan fingerprint density at radius 1 is 0.806 bits per heavy atom. The van der Waals surface area contributed by atoms with Crippen molar-refractivity contribution in [2.24, 2.45) is 0 Å². The molecule has 2 saturated heterocycles. The average Bonchev–Trinajstić information content (AvgIpc) is 2.84. The third-order valence-electron chi connectivity index (χ3n) is 5.53. The van der Waals surface area contributed by atoms with E-state index in [9.17, 15) is 8.42 Å². The standard InChI is InChI=1S/C20H27N5O5S/c1-28-17-4-3-16(15-18(17)29-2)31(26,27)25-9-7-23(8-10-25)19-5-6-20(22-21-19)24-11-13-30-14-12-24/h3-6,15H,7-14H2,1-2H3. The summed E-state index contributed by atoms with van der Waals surface area (Å²) in [6.45, 7) is 4.81. The lowest BCUT2D eigenvalue weighted by molar-refractivity contribution is 0.122. The molecule has 4 rings (SSSR count). The van der Waals surface area contributed by atoms with Gasteiger partial charge in [-0.05, 0) is 24.3 Å². The van der Waals surface area contributed by atoms with E-state index in [0.29, 0.717) is 50.9 Å². The first-order chi connectivity index (χ1) is 15.0. The van der Waals surface area contributed by atoms with Crippen LogP contribution in [0.15, 0.2) is 35.2 Å². The van der Waals surface area contributed by atoms with Gasteiger partial charge in [-0.1, -0.05) is 0 Å². The van der Waals surface area contributed by atoms with E-state index in [-0.39, 0.29) is 4.90 Å². The summed E-state index contributed by atoms with van der Waals surface area (Å²) < 4.78 is 43.5. The average molecular weight is 450 g/mol. The lowest BCUT2D eigenvalue weighted by atomic mass is 10.3. The van der Waals surface area contributed by atoms with Crippen LogP contribution in [-0.4, -0.2) is 89.6 Å². The minimum Gasteiger partial charge on any atom is -0.493 e. The van der Waals surface area contributed by atoms with E-state index in [4.69, 9.17) is 14.2 Å². The number of rotatable bonds is 6. The SMILES string of the molecule is COc1ccc(S(=O)(=O)N2CCN(c3ccc(N4CCOCC4)nn3)CC2)cc1OC. The largest absolute Gasteiger partial charge is 0.493 e. The van der Waals surface area contributed by atoms with Crippen molar-refractivity contribution in [3.05, 3.63) is 30.3 Å². The van der Waals surface area contributed by atoms with Crippen LogP contribution in [-0.2, 0) is 14.8 Å². The predicted molar refractivity (Wildman–Crippen MR) is 116 cm³/mol. The topological polar surface area (TPSA) is 97.3 Å². The van der Waals surface area contributed by atoms with Gasteiger partial charge in [0, 0.05) is 45.3 Å². The van der Waals surface area contributed by atoms with Gasteiger partial charge in [0.2, 0.25) is 10.0 Å². The van der Waals surface area contributed by atoms with Gasteiger partial charge in [0.15, 0.2) is 23.1 Å². The summed E-state index contributed by atoms with van der Waals surface area (Å²) in [6.07, 6.45) is 0. The van der Waals surface area contributed by atoms with Crippen LogP contribution in [0.25, 0.3) is 0 Å². The maximum Gasteiger partial charge on any atom is 0.243 e. The lowest BCUT2D eigenvalue weighted by Crippen LogP contribution is -2.49. The van der Waals surface area contributed by atoms with Gasteiger partial charge in [-0.2, -0.15) is 4.31 Å². The van der Waals surface area contributed by atoms with Gasteiger partial charge in [-0.15, -0.1) is 10.2 Å². The van der Waals surface area contributed by atoms with Crippen LogP contribution >= 0.6 is 0 Å². The van der Waals surface area contributed by atoms with Crippen molar-refractivity contribution in [2.45, 2.75) is 4.90 Å². The van der Waals surface area contributed by atoms with Crippen LogP contribution in [0, 0.1) is 0 Å². The number of hydrogen-bond acceptors (Lipinski definition) is 9. The molecule has 0 spiro atoms. The Hall–Kier alpha value is -2.63. The number of piperazine rings is 1. The predicted octanol–water partition coefficient (Wildman–Crippen LogP) is 0.841. The number of anilines is 2. The Morgan fingerprint density at radius 2 is 1.39 bits per heavy atom. The molecule has 2 aliphatic rings. The van der Waals surface area contributed by atoms with Crippen molar-refractivity contribution in [2.75, 3.05) is 76.5 Å². The number of nitrogens with zero attached hydrogens (tertiary/aromatic N) is 5. The molecule has 11 heteroatoms. The van der Waals surface area contributed by atoms with E-state index in [1.165, 1.54) is 24.6 Å². The maximum absolute atomic E-state index is 13.1. The van der Waals surface area contributed by atoms with Gasteiger partial charge in [-0.25, -0.2) is 8.42 Å². The molecule has 0 N–H and O–H groups in total. The summed E-state index contributed by atoms with van der Waals surface area (Å²) in [4.78, 5) is 4.39. The van der Waals surface area contributed by atoms with Crippen molar-refractivity contribution >= 4 is 21.7 Å². The molecule has 0 unspecified atom stereocenters. The molecular weight excluding hydrogens is 422 g/mol. The number of sulfonamides is 1. The Morgan fingerprint density at radius 3 is 1.94 bits per heavy atom. The van der Waals surface area contributed by atoms with Crippen LogP contribution < -0.4 is 19.3 Å². The summed E-state index contributed by atoms with van der Waals surface area (Å²) in [6, 6.07) is 8.54. The molecule has 0 saturated carbocycles. The van der Waals surface area contributed by atoms with Crippen molar-refractivity contribution in [1.82, 2.24) is 14.5 Å². The molecule has 0 atom stereocenters. The Bertz CT molecular complexity index is 988. The van der Waals surface area contributed by atoms with Crippen molar-refractivity contribution < 1.29 is 22.6 Å². The quantitative estimate of drug-likeness (QED) is 0.635. The Balaban J connectivity index is 1.41.